The van der Waals surface area contributed by atoms with Gasteiger partial charge in [0.05, 0.1) is 6.61 Å². The molecule has 1 saturated heterocycles. The Morgan fingerprint density at radius 2 is 2.06 bits per heavy atom. The molecule has 1 aliphatic heterocycles. The molecule has 100 valence electrons. The van der Waals surface area contributed by atoms with E-state index >= 15 is 0 Å². The molecule has 18 heavy (non-hydrogen) atoms. The zero-order valence-corrected chi connectivity index (χ0v) is 12.6. The van der Waals surface area contributed by atoms with E-state index in [1.165, 1.54) is 11.3 Å². The van der Waals surface area contributed by atoms with Gasteiger partial charge in [-0.2, -0.15) is 0 Å². The molecule has 2 rings (SSSR count). The zero-order chi connectivity index (χ0) is 13.2. The molecule has 0 radical (unpaired) electrons. The van der Waals surface area contributed by atoms with Crippen LogP contribution in [0.2, 0.25) is 0 Å². The van der Waals surface area contributed by atoms with Crippen molar-refractivity contribution in [1.82, 2.24) is 5.32 Å². The van der Waals surface area contributed by atoms with Crippen molar-refractivity contribution in [2.45, 2.75) is 25.3 Å². The lowest BCUT2D eigenvalue weighted by atomic mass is 9.88. The predicted molar refractivity (Wildman–Crippen MR) is 79.2 cm³/mol. The Hall–Kier alpha value is -0.580. The summed E-state index contributed by atoms with van der Waals surface area (Å²) in [5.41, 5.74) is 2.43. The van der Waals surface area contributed by atoms with Crippen molar-refractivity contribution in [3.63, 3.8) is 0 Å². The number of aliphatic hydroxyl groups excluding tert-OH is 1. The van der Waals surface area contributed by atoms with Crippen molar-refractivity contribution in [3.8, 4) is 0 Å². The second kappa shape index (κ2) is 5.59. The van der Waals surface area contributed by atoms with E-state index in [-0.39, 0.29) is 12.1 Å². The molecule has 0 aliphatic carbocycles. The van der Waals surface area contributed by atoms with Crippen LogP contribution in [0.5, 0.6) is 0 Å². The number of nitrogens with one attached hydrogen (secondary N) is 1. The number of halogens is 1. The van der Waals surface area contributed by atoms with Crippen molar-refractivity contribution in [2.75, 3.05) is 31.6 Å². The largest absolute Gasteiger partial charge is 0.394 e. The first-order valence-corrected chi connectivity index (χ1v) is 7.20. The minimum absolute atomic E-state index is 0.0849. The molecule has 1 aromatic rings. The van der Waals surface area contributed by atoms with Crippen LogP contribution >= 0.6 is 15.9 Å². The van der Waals surface area contributed by atoms with Crippen LogP contribution in [0, 0.1) is 6.92 Å². The minimum atomic E-state index is -0.0849. The summed E-state index contributed by atoms with van der Waals surface area (Å²) in [6.07, 6.45) is 1.96. The van der Waals surface area contributed by atoms with E-state index in [1.807, 2.05) is 7.05 Å². The van der Waals surface area contributed by atoms with E-state index in [0.29, 0.717) is 0 Å². The van der Waals surface area contributed by atoms with Crippen molar-refractivity contribution in [3.05, 3.63) is 28.2 Å². The summed E-state index contributed by atoms with van der Waals surface area (Å²) in [4.78, 5) is 2.38. The Balaban J connectivity index is 2.07. The summed E-state index contributed by atoms with van der Waals surface area (Å²) in [6.45, 7) is 4.28. The van der Waals surface area contributed by atoms with Gasteiger partial charge in [-0.3, -0.25) is 0 Å². The van der Waals surface area contributed by atoms with Crippen LogP contribution in [0.3, 0.4) is 0 Å². The lowest BCUT2D eigenvalue weighted by Crippen LogP contribution is -2.54. The van der Waals surface area contributed by atoms with Gasteiger partial charge in [-0.25, -0.2) is 0 Å². The molecule has 1 heterocycles. The number of hydrogen-bond acceptors (Lipinski definition) is 3. The van der Waals surface area contributed by atoms with E-state index in [4.69, 9.17) is 0 Å². The molecule has 1 aromatic carbocycles. The molecule has 0 aromatic heterocycles. The van der Waals surface area contributed by atoms with Gasteiger partial charge in [0.1, 0.15) is 0 Å². The van der Waals surface area contributed by atoms with Crippen LogP contribution in [-0.4, -0.2) is 37.4 Å². The first-order valence-electron chi connectivity index (χ1n) is 6.41. The highest BCUT2D eigenvalue weighted by Crippen LogP contribution is 2.28. The third kappa shape index (κ3) is 2.71. The van der Waals surface area contributed by atoms with Crippen LogP contribution in [-0.2, 0) is 0 Å². The van der Waals surface area contributed by atoms with Crippen molar-refractivity contribution >= 4 is 21.6 Å². The highest BCUT2D eigenvalue weighted by molar-refractivity contribution is 9.10. The van der Waals surface area contributed by atoms with Gasteiger partial charge in [0.2, 0.25) is 0 Å². The van der Waals surface area contributed by atoms with E-state index < -0.39 is 0 Å². The van der Waals surface area contributed by atoms with Gasteiger partial charge in [-0.05, 0) is 44.5 Å². The van der Waals surface area contributed by atoms with Crippen LogP contribution in [0.25, 0.3) is 0 Å². The van der Waals surface area contributed by atoms with Gasteiger partial charge in [0.15, 0.2) is 0 Å². The quantitative estimate of drug-likeness (QED) is 0.899. The maximum Gasteiger partial charge on any atom is 0.0614 e. The third-order valence-corrected chi connectivity index (χ3v) is 4.93. The molecule has 0 bridgehead atoms. The van der Waals surface area contributed by atoms with E-state index in [1.54, 1.807) is 0 Å². The van der Waals surface area contributed by atoms with Crippen LogP contribution in [0.4, 0.5) is 5.69 Å². The normalized spacial score (nSPS) is 19.0. The number of rotatable bonds is 3. The zero-order valence-electron chi connectivity index (χ0n) is 11.0. The Labute approximate surface area is 117 Å². The summed E-state index contributed by atoms with van der Waals surface area (Å²) in [5.74, 6) is 0. The standard InChI is InChI=1S/C14H21BrN2O/c1-11-3-4-12(9-13(11)15)17-7-5-14(10-18,16-2)6-8-17/h3-4,9,16,18H,5-8,10H2,1-2H3. The number of likely N-dealkylation sites (N-methyl/N-ethyl adjacent to an activating group) is 1. The number of benzene rings is 1. The van der Waals surface area contributed by atoms with Crippen molar-refractivity contribution in [1.29, 1.82) is 0 Å². The monoisotopic (exact) mass is 312 g/mol. The lowest BCUT2D eigenvalue weighted by Gasteiger charge is -2.41. The highest BCUT2D eigenvalue weighted by Gasteiger charge is 2.32. The van der Waals surface area contributed by atoms with Crippen molar-refractivity contribution in [2.24, 2.45) is 0 Å². The lowest BCUT2D eigenvalue weighted by molar-refractivity contribution is 0.142. The van der Waals surface area contributed by atoms with Crippen LogP contribution < -0.4 is 10.2 Å². The minimum Gasteiger partial charge on any atom is -0.394 e. The third-order valence-electron chi connectivity index (χ3n) is 4.07. The first-order chi connectivity index (χ1) is 8.60. The molecular formula is C14H21BrN2O. The van der Waals surface area contributed by atoms with E-state index in [2.05, 4.69) is 51.3 Å². The molecule has 0 unspecified atom stereocenters. The van der Waals surface area contributed by atoms with Gasteiger partial charge in [-0.1, -0.05) is 22.0 Å². The number of aryl methyl sites for hydroxylation is 1. The van der Waals surface area contributed by atoms with Gasteiger partial charge < -0.3 is 15.3 Å². The first kappa shape index (κ1) is 13.8. The number of anilines is 1. The summed E-state index contributed by atoms with van der Waals surface area (Å²) in [7, 11) is 1.94. The number of hydrogen-bond donors (Lipinski definition) is 2. The second-order valence-corrected chi connectivity index (χ2v) is 5.96. The van der Waals surface area contributed by atoms with Gasteiger partial charge >= 0.3 is 0 Å². The van der Waals surface area contributed by atoms with E-state index in [0.717, 1.165) is 30.4 Å². The Kier molecular flexibility index (Phi) is 4.30. The molecule has 0 atom stereocenters. The average molecular weight is 313 g/mol. The number of nitrogens with zero attached hydrogens (tertiary/aromatic N) is 1. The molecular weight excluding hydrogens is 292 g/mol. The average Bonchev–Trinajstić information content (AvgIpc) is 2.42. The van der Waals surface area contributed by atoms with Gasteiger partial charge in [0, 0.05) is 28.8 Å². The molecule has 3 nitrogen and oxygen atoms in total. The molecule has 2 N–H and O–H groups in total. The Morgan fingerprint density at radius 1 is 1.39 bits per heavy atom. The number of aliphatic hydroxyl groups is 1. The molecule has 0 amide bonds. The van der Waals surface area contributed by atoms with Crippen LogP contribution in [0.1, 0.15) is 18.4 Å². The Bertz CT molecular complexity index is 408. The summed E-state index contributed by atoms with van der Waals surface area (Å²) in [5, 5.41) is 12.8. The summed E-state index contributed by atoms with van der Waals surface area (Å²) < 4.78 is 1.16. The fourth-order valence-corrected chi connectivity index (χ4v) is 2.83. The maximum atomic E-state index is 9.49. The molecule has 0 spiro atoms. The predicted octanol–water partition coefficient (Wildman–Crippen LogP) is 2.31. The summed E-state index contributed by atoms with van der Waals surface area (Å²) in [6, 6.07) is 6.50. The highest BCUT2D eigenvalue weighted by atomic mass is 79.9. The van der Waals surface area contributed by atoms with Crippen LogP contribution in [0.15, 0.2) is 22.7 Å². The topological polar surface area (TPSA) is 35.5 Å². The molecule has 0 saturated carbocycles. The molecule has 1 aliphatic rings. The second-order valence-electron chi connectivity index (χ2n) is 5.11. The number of piperidine rings is 1. The smallest absolute Gasteiger partial charge is 0.0614 e. The van der Waals surface area contributed by atoms with Gasteiger partial charge in [-0.15, -0.1) is 0 Å². The Morgan fingerprint density at radius 3 is 2.56 bits per heavy atom. The fraction of sp³-hybridized carbons (Fsp3) is 0.571. The molecule has 1 fully saturated rings. The summed E-state index contributed by atoms with van der Waals surface area (Å²) >= 11 is 3.58. The fourth-order valence-electron chi connectivity index (χ4n) is 2.46. The SMILES string of the molecule is CNC1(CO)CCN(c2ccc(C)c(Br)c2)CC1. The molecule has 4 heteroatoms. The van der Waals surface area contributed by atoms with Gasteiger partial charge in [0.25, 0.3) is 0 Å². The van der Waals surface area contributed by atoms with Crippen molar-refractivity contribution < 1.29 is 5.11 Å². The maximum absolute atomic E-state index is 9.49. The van der Waals surface area contributed by atoms with E-state index in [9.17, 15) is 5.11 Å².